The van der Waals surface area contributed by atoms with Crippen LogP contribution in [0.5, 0.6) is 0 Å². The van der Waals surface area contributed by atoms with Crippen molar-refractivity contribution in [2.75, 3.05) is 33.0 Å². The smallest absolute Gasteiger partial charge is 0.323 e. The Bertz CT molecular complexity index is 917. The van der Waals surface area contributed by atoms with Gasteiger partial charge in [0.05, 0.1) is 45.2 Å². The van der Waals surface area contributed by atoms with Crippen molar-refractivity contribution in [3.05, 3.63) is 0 Å². The number of hydrogen-bond donors (Lipinski definition) is 2. The highest BCUT2D eigenvalue weighted by Gasteiger charge is 2.48. The molecule has 0 atom stereocenters. The van der Waals surface area contributed by atoms with Crippen LogP contribution in [0.3, 0.4) is 0 Å². The van der Waals surface area contributed by atoms with Crippen LogP contribution in [-0.2, 0) is 38.1 Å². The van der Waals surface area contributed by atoms with Crippen molar-refractivity contribution in [2.45, 2.75) is 187 Å². The summed E-state index contributed by atoms with van der Waals surface area (Å²) in [5, 5.41) is 7.34. The molecule has 2 saturated heterocycles. The lowest BCUT2D eigenvalue weighted by atomic mass is 9.78. The molecule has 0 aromatic heterocycles. The molecule has 10 heteroatoms. The lowest BCUT2D eigenvalue weighted by Crippen LogP contribution is -2.59. The maximum atomic E-state index is 13.8. The van der Waals surface area contributed by atoms with E-state index >= 15 is 0 Å². The van der Waals surface area contributed by atoms with Crippen molar-refractivity contribution in [3.8, 4) is 0 Å². The number of esters is 3. The average Bonchev–Trinajstić information content (AvgIpc) is 2.93. The minimum absolute atomic E-state index is 0.0176. The highest BCUT2D eigenvalue weighted by atomic mass is 16.6. The Morgan fingerprint density at radius 2 is 0.958 bits per heavy atom. The number of carbonyl (C=O) groups excluding carboxylic acids is 3. The second kappa shape index (κ2) is 19.0. The number of carbonyl (C=O) groups is 3. The third kappa shape index (κ3) is 15.0. The van der Waals surface area contributed by atoms with Gasteiger partial charge in [-0.15, -0.1) is 0 Å². The third-order valence-electron chi connectivity index (χ3n) is 9.26. The summed E-state index contributed by atoms with van der Waals surface area (Å²) >= 11 is 0. The Morgan fingerprint density at radius 3 is 1.35 bits per heavy atom. The zero-order chi connectivity index (χ0) is 36.1. The molecule has 0 amide bonds. The Kier molecular flexibility index (Phi) is 16.8. The number of unbranched alkanes of at least 4 members (excludes halogenated alkanes) is 1. The summed E-state index contributed by atoms with van der Waals surface area (Å²) in [6, 6.07) is 0. The van der Waals surface area contributed by atoms with Crippen molar-refractivity contribution in [1.29, 1.82) is 0 Å². The van der Waals surface area contributed by atoms with Gasteiger partial charge in [0.2, 0.25) is 0 Å². The van der Waals surface area contributed by atoms with Crippen LogP contribution < -0.4 is 10.6 Å². The Balaban J connectivity index is 1.98. The van der Waals surface area contributed by atoms with Crippen LogP contribution in [0.15, 0.2) is 0 Å². The van der Waals surface area contributed by atoms with Crippen molar-refractivity contribution in [3.63, 3.8) is 0 Å². The minimum atomic E-state index is -1.46. The molecule has 0 aliphatic carbocycles. The SMILES string of the molecule is CCCCC(CCCOC(=O)CCC)(C(=O)OCCCOC1CC(C)(C)NC(C)(C)C1)C(=O)OCCCOC1CC(C)(C)NC(C)(C)C1. The first-order valence-electron chi connectivity index (χ1n) is 18.7. The number of piperidine rings is 2. The number of rotatable bonds is 21. The van der Waals surface area contributed by atoms with Crippen LogP contribution in [0.2, 0.25) is 0 Å². The molecule has 2 fully saturated rings. The van der Waals surface area contributed by atoms with E-state index in [1.807, 2.05) is 13.8 Å². The molecule has 2 N–H and O–H groups in total. The average molecular weight is 683 g/mol. The Labute approximate surface area is 291 Å². The highest BCUT2D eigenvalue weighted by Crippen LogP contribution is 2.35. The number of hydrogen-bond acceptors (Lipinski definition) is 10. The summed E-state index contributed by atoms with van der Waals surface area (Å²) < 4.78 is 29.4. The molecule has 0 unspecified atom stereocenters. The fraction of sp³-hybridized carbons (Fsp3) is 0.921. The second-order valence-electron chi connectivity index (χ2n) is 16.8. The largest absolute Gasteiger partial charge is 0.466 e. The van der Waals surface area contributed by atoms with Crippen LogP contribution in [0.1, 0.15) is 153 Å². The summed E-state index contributed by atoms with van der Waals surface area (Å²) in [7, 11) is 0. The Morgan fingerprint density at radius 1 is 0.562 bits per heavy atom. The van der Waals surface area contributed by atoms with E-state index in [1.165, 1.54) is 0 Å². The third-order valence-corrected chi connectivity index (χ3v) is 9.26. The molecule has 2 aliphatic heterocycles. The van der Waals surface area contributed by atoms with E-state index in [0.717, 1.165) is 32.1 Å². The van der Waals surface area contributed by atoms with Crippen LogP contribution in [-0.4, -0.2) is 85.3 Å². The summed E-state index contributed by atoms with van der Waals surface area (Å²) in [6.07, 6.45) is 8.31. The van der Waals surface area contributed by atoms with Crippen LogP contribution in [0.4, 0.5) is 0 Å². The molecular formula is C38H70N2O8. The lowest BCUT2D eigenvalue weighted by Gasteiger charge is -2.46. The van der Waals surface area contributed by atoms with Gasteiger partial charge in [-0.3, -0.25) is 14.4 Å². The van der Waals surface area contributed by atoms with E-state index in [9.17, 15) is 14.4 Å². The summed E-state index contributed by atoms with van der Waals surface area (Å²) in [5.74, 6) is -1.41. The van der Waals surface area contributed by atoms with Gasteiger partial charge in [0.25, 0.3) is 0 Å². The highest BCUT2D eigenvalue weighted by molar-refractivity contribution is 6.00. The molecule has 2 heterocycles. The molecular weight excluding hydrogens is 612 g/mol. The van der Waals surface area contributed by atoms with Crippen LogP contribution in [0.25, 0.3) is 0 Å². The molecule has 2 rings (SSSR count). The van der Waals surface area contributed by atoms with E-state index in [4.69, 9.17) is 23.7 Å². The van der Waals surface area contributed by atoms with E-state index < -0.39 is 17.4 Å². The summed E-state index contributed by atoms with van der Waals surface area (Å²) in [5.41, 5.74) is -1.53. The topological polar surface area (TPSA) is 121 Å². The van der Waals surface area contributed by atoms with Gasteiger partial charge in [-0.1, -0.05) is 26.7 Å². The maximum Gasteiger partial charge on any atom is 0.323 e. The molecule has 280 valence electrons. The van der Waals surface area contributed by atoms with E-state index in [1.54, 1.807) is 0 Å². The molecule has 48 heavy (non-hydrogen) atoms. The van der Waals surface area contributed by atoms with Gasteiger partial charge in [-0.05, 0) is 107 Å². The molecule has 0 aromatic rings. The molecule has 0 spiro atoms. The van der Waals surface area contributed by atoms with Crippen molar-refractivity contribution in [1.82, 2.24) is 10.6 Å². The maximum absolute atomic E-state index is 13.8. The molecule has 0 aromatic carbocycles. The normalized spacial score (nSPS) is 20.6. The van der Waals surface area contributed by atoms with E-state index in [-0.39, 0.29) is 66.6 Å². The van der Waals surface area contributed by atoms with Gasteiger partial charge in [0, 0.05) is 41.4 Å². The first-order chi connectivity index (χ1) is 22.3. The zero-order valence-electron chi connectivity index (χ0n) is 32.1. The predicted octanol–water partition coefficient (Wildman–Crippen LogP) is 6.80. The van der Waals surface area contributed by atoms with Crippen molar-refractivity contribution >= 4 is 17.9 Å². The van der Waals surface area contributed by atoms with Gasteiger partial charge in [0.15, 0.2) is 5.41 Å². The standard InChI is InChI=1S/C38H70N2O8/c1-11-13-18-38(19-14-20-46-31(41)17-12-2,32(42)47-23-15-21-44-29-25-34(3,4)39-35(5,6)26-29)33(43)48-24-16-22-45-30-27-36(7,8)40-37(9,10)28-30/h29-30,39-40H,11-28H2,1-10H3. The van der Waals surface area contributed by atoms with Gasteiger partial charge >= 0.3 is 17.9 Å². The van der Waals surface area contributed by atoms with Crippen molar-refractivity contribution in [2.24, 2.45) is 5.41 Å². The van der Waals surface area contributed by atoms with Crippen LogP contribution >= 0.6 is 0 Å². The number of nitrogens with one attached hydrogen (secondary N) is 2. The summed E-state index contributed by atoms with van der Waals surface area (Å²) in [4.78, 5) is 39.5. The van der Waals surface area contributed by atoms with Gasteiger partial charge in [-0.2, -0.15) is 0 Å². The van der Waals surface area contributed by atoms with Gasteiger partial charge < -0.3 is 34.3 Å². The quantitative estimate of drug-likeness (QED) is 0.0578. The fourth-order valence-electron chi connectivity index (χ4n) is 7.85. The zero-order valence-corrected chi connectivity index (χ0v) is 32.1. The molecule has 0 saturated carbocycles. The van der Waals surface area contributed by atoms with Gasteiger partial charge in [-0.25, -0.2) is 0 Å². The predicted molar refractivity (Wildman–Crippen MR) is 189 cm³/mol. The first kappa shape index (κ1) is 42.4. The molecule has 0 radical (unpaired) electrons. The molecule has 10 nitrogen and oxygen atoms in total. The van der Waals surface area contributed by atoms with Crippen LogP contribution in [0, 0.1) is 5.41 Å². The lowest BCUT2D eigenvalue weighted by molar-refractivity contribution is -0.175. The first-order valence-corrected chi connectivity index (χ1v) is 18.7. The Hall–Kier alpha value is -1.75. The molecule has 0 bridgehead atoms. The summed E-state index contributed by atoms with van der Waals surface area (Å²) in [6.45, 7) is 22.8. The monoisotopic (exact) mass is 683 g/mol. The fourth-order valence-corrected chi connectivity index (χ4v) is 7.85. The minimum Gasteiger partial charge on any atom is -0.466 e. The van der Waals surface area contributed by atoms with E-state index in [0.29, 0.717) is 58.2 Å². The molecule has 2 aliphatic rings. The van der Waals surface area contributed by atoms with Crippen molar-refractivity contribution < 1.29 is 38.1 Å². The van der Waals surface area contributed by atoms with Gasteiger partial charge in [0.1, 0.15) is 0 Å². The number of ether oxygens (including phenoxy) is 5. The van der Waals surface area contributed by atoms with E-state index in [2.05, 4.69) is 66.0 Å². The second-order valence-corrected chi connectivity index (χ2v) is 16.8.